The van der Waals surface area contributed by atoms with Crippen LogP contribution in [0.4, 0.5) is 0 Å². The van der Waals surface area contributed by atoms with Crippen molar-refractivity contribution in [3.63, 3.8) is 0 Å². The van der Waals surface area contributed by atoms with E-state index >= 15 is 0 Å². The zero-order valence-electron chi connectivity index (χ0n) is 9.50. The third-order valence-electron chi connectivity index (χ3n) is 2.94. The molecule has 0 spiro atoms. The highest BCUT2D eigenvalue weighted by molar-refractivity contribution is 9.11. The molecule has 88 valence electrons. The molecular formula is C13H12BrNOS. The van der Waals surface area contributed by atoms with Crippen molar-refractivity contribution in [3.05, 3.63) is 33.2 Å². The molecule has 0 aromatic carbocycles. The van der Waals surface area contributed by atoms with Gasteiger partial charge in [0.2, 0.25) is 0 Å². The van der Waals surface area contributed by atoms with Gasteiger partial charge in [0.15, 0.2) is 0 Å². The van der Waals surface area contributed by atoms with Gasteiger partial charge in [-0.1, -0.05) is 6.92 Å². The number of nitrogens with zero attached hydrogens (tertiary/aromatic N) is 1. The van der Waals surface area contributed by atoms with E-state index in [2.05, 4.69) is 40.0 Å². The summed E-state index contributed by atoms with van der Waals surface area (Å²) in [7, 11) is 0. The predicted molar refractivity (Wildman–Crippen MR) is 73.8 cm³/mol. The minimum atomic E-state index is 0.734. The molecule has 17 heavy (non-hydrogen) atoms. The molecule has 0 aliphatic carbocycles. The van der Waals surface area contributed by atoms with Gasteiger partial charge < -0.3 is 4.74 Å². The van der Waals surface area contributed by atoms with Crippen LogP contribution in [0.3, 0.4) is 0 Å². The molecule has 0 saturated carbocycles. The summed E-state index contributed by atoms with van der Waals surface area (Å²) >= 11 is 5.28. The molecule has 2 aromatic heterocycles. The zero-order valence-corrected chi connectivity index (χ0v) is 11.9. The molecule has 0 bridgehead atoms. The van der Waals surface area contributed by atoms with Crippen LogP contribution in [0, 0.1) is 0 Å². The monoisotopic (exact) mass is 309 g/mol. The lowest BCUT2D eigenvalue weighted by Crippen LogP contribution is -1.99. The Morgan fingerprint density at radius 3 is 3.18 bits per heavy atom. The quantitative estimate of drug-likeness (QED) is 0.792. The highest BCUT2D eigenvalue weighted by Crippen LogP contribution is 2.41. The molecule has 2 aromatic rings. The van der Waals surface area contributed by atoms with Crippen molar-refractivity contribution < 1.29 is 4.74 Å². The van der Waals surface area contributed by atoms with E-state index in [0.29, 0.717) is 0 Å². The molecule has 3 rings (SSSR count). The molecule has 0 N–H and O–H groups in total. The van der Waals surface area contributed by atoms with Crippen LogP contribution in [0.5, 0.6) is 5.75 Å². The topological polar surface area (TPSA) is 22.1 Å². The number of thiophene rings is 1. The maximum Gasteiger partial charge on any atom is 0.146 e. The molecule has 0 radical (unpaired) electrons. The summed E-state index contributed by atoms with van der Waals surface area (Å²) in [6.07, 6.45) is 3.89. The van der Waals surface area contributed by atoms with E-state index in [4.69, 9.17) is 4.74 Å². The number of aromatic nitrogens is 1. The van der Waals surface area contributed by atoms with Crippen LogP contribution in [-0.4, -0.2) is 11.6 Å². The van der Waals surface area contributed by atoms with E-state index < -0.39 is 0 Å². The van der Waals surface area contributed by atoms with Crippen LogP contribution < -0.4 is 4.74 Å². The Morgan fingerprint density at radius 1 is 1.47 bits per heavy atom. The molecule has 0 unspecified atom stereocenters. The molecule has 0 saturated heterocycles. The largest absolute Gasteiger partial charge is 0.491 e. The minimum Gasteiger partial charge on any atom is -0.491 e. The van der Waals surface area contributed by atoms with Crippen molar-refractivity contribution in [1.82, 2.24) is 4.98 Å². The summed E-state index contributed by atoms with van der Waals surface area (Å²) in [6.45, 7) is 2.87. The van der Waals surface area contributed by atoms with Crippen LogP contribution in [0.25, 0.3) is 10.6 Å². The highest BCUT2D eigenvalue weighted by Gasteiger charge is 2.19. The highest BCUT2D eigenvalue weighted by atomic mass is 79.9. The molecule has 0 atom stereocenters. The molecule has 0 amide bonds. The second-order valence-electron chi connectivity index (χ2n) is 4.05. The summed E-state index contributed by atoms with van der Waals surface area (Å²) in [6, 6.07) is 4.29. The number of halogens is 1. The van der Waals surface area contributed by atoms with E-state index in [1.807, 2.05) is 6.20 Å². The fourth-order valence-electron chi connectivity index (χ4n) is 2.01. The van der Waals surface area contributed by atoms with Gasteiger partial charge in [-0.15, -0.1) is 11.3 Å². The summed E-state index contributed by atoms with van der Waals surface area (Å²) in [4.78, 5) is 5.81. The van der Waals surface area contributed by atoms with Crippen molar-refractivity contribution in [3.8, 4) is 16.3 Å². The second kappa shape index (κ2) is 4.42. The minimum absolute atomic E-state index is 0.734. The average molecular weight is 310 g/mol. The number of rotatable bonds is 1. The van der Waals surface area contributed by atoms with Gasteiger partial charge in [0.25, 0.3) is 0 Å². The lowest BCUT2D eigenvalue weighted by atomic mass is 10.1. The first-order chi connectivity index (χ1) is 8.28. The third kappa shape index (κ3) is 2.00. The SMILES string of the molecule is CCc1cnc2c(c1)OCCc1cc(Br)sc1-2. The molecule has 1 aliphatic rings. The Kier molecular flexibility index (Phi) is 2.92. The predicted octanol–water partition coefficient (Wildman–Crippen LogP) is 4.07. The van der Waals surface area contributed by atoms with Crippen molar-refractivity contribution in [2.24, 2.45) is 0 Å². The van der Waals surface area contributed by atoms with Crippen LogP contribution >= 0.6 is 27.3 Å². The molecule has 3 heterocycles. The van der Waals surface area contributed by atoms with E-state index in [0.717, 1.165) is 34.7 Å². The fraction of sp³-hybridized carbons (Fsp3) is 0.308. The Morgan fingerprint density at radius 2 is 2.35 bits per heavy atom. The van der Waals surface area contributed by atoms with Gasteiger partial charge in [0.05, 0.1) is 15.3 Å². The van der Waals surface area contributed by atoms with Gasteiger partial charge >= 0.3 is 0 Å². The van der Waals surface area contributed by atoms with Crippen molar-refractivity contribution >= 4 is 27.3 Å². The first-order valence-corrected chi connectivity index (χ1v) is 7.29. The number of pyridine rings is 1. The van der Waals surface area contributed by atoms with Gasteiger partial charge in [0, 0.05) is 12.6 Å². The molecular weight excluding hydrogens is 298 g/mol. The Balaban J connectivity index is 2.18. The van der Waals surface area contributed by atoms with Gasteiger partial charge in [-0.05, 0) is 45.6 Å². The number of hydrogen-bond donors (Lipinski definition) is 0. The fourth-order valence-corrected chi connectivity index (χ4v) is 3.71. The first-order valence-electron chi connectivity index (χ1n) is 5.68. The van der Waals surface area contributed by atoms with Gasteiger partial charge in [0.1, 0.15) is 11.4 Å². The van der Waals surface area contributed by atoms with Crippen LogP contribution in [0.1, 0.15) is 18.1 Å². The third-order valence-corrected chi connectivity index (χ3v) is 4.63. The van der Waals surface area contributed by atoms with E-state index in [9.17, 15) is 0 Å². The van der Waals surface area contributed by atoms with Crippen molar-refractivity contribution in [2.75, 3.05) is 6.61 Å². The normalized spacial score (nSPS) is 13.5. The first kappa shape index (κ1) is 11.2. The van der Waals surface area contributed by atoms with E-state index in [-0.39, 0.29) is 0 Å². The lowest BCUT2D eigenvalue weighted by molar-refractivity contribution is 0.325. The molecule has 1 aliphatic heterocycles. The van der Waals surface area contributed by atoms with Crippen LogP contribution in [0.2, 0.25) is 0 Å². The molecule has 4 heteroatoms. The lowest BCUT2D eigenvalue weighted by Gasteiger charge is -2.07. The van der Waals surface area contributed by atoms with Gasteiger partial charge in [-0.25, -0.2) is 0 Å². The zero-order chi connectivity index (χ0) is 11.8. The summed E-state index contributed by atoms with van der Waals surface area (Å²) in [5.74, 6) is 0.928. The van der Waals surface area contributed by atoms with Crippen LogP contribution in [0.15, 0.2) is 22.1 Å². The van der Waals surface area contributed by atoms with Crippen molar-refractivity contribution in [1.29, 1.82) is 0 Å². The number of aryl methyl sites for hydroxylation is 1. The van der Waals surface area contributed by atoms with Crippen molar-refractivity contribution in [2.45, 2.75) is 19.8 Å². The molecule has 0 fully saturated rings. The number of hydrogen-bond acceptors (Lipinski definition) is 3. The van der Waals surface area contributed by atoms with E-state index in [1.54, 1.807) is 11.3 Å². The smallest absolute Gasteiger partial charge is 0.146 e. The number of fused-ring (bicyclic) bond motifs is 3. The number of ether oxygens (including phenoxy) is 1. The average Bonchev–Trinajstić information content (AvgIpc) is 2.62. The summed E-state index contributed by atoms with van der Waals surface area (Å²) in [5.41, 5.74) is 3.55. The Hall–Kier alpha value is -0.870. The molecule has 2 nitrogen and oxygen atoms in total. The standard InChI is InChI=1S/C13H12BrNOS/c1-2-8-5-10-12(15-7-8)13-9(3-4-16-10)6-11(14)17-13/h5-7H,2-4H2,1H3. The maximum atomic E-state index is 5.80. The summed E-state index contributed by atoms with van der Waals surface area (Å²) in [5, 5.41) is 0. The van der Waals surface area contributed by atoms with Gasteiger partial charge in [-0.3, -0.25) is 4.98 Å². The summed E-state index contributed by atoms with van der Waals surface area (Å²) < 4.78 is 6.96. The maximum absolute atomic E-state index is 5.80. The van der Waals surface area contributed by atoms with Crippen LogP contribution in [-0.2, 0) is 12.8 Å². The second-order valence-corrected chi connectivity index (χ2v) is 6.48. The van der Waals surface area contributed by atoms with Gasteiger partial charge in [-0.2, -0.15) is 0 Å². The Bertz CT molecular complexity index is 565. The Labute approximate surface area is 113 Å². The van der Waals surface area contributed by atoms with E-state index in [1.165, 1.54) is 16.0 Å².